The number of hydrogen-bond donors (Lipinski definition) is 1. The highest BCUT2D eigenvalue weighted by Gasteiger charge is 2.40. The fourth-order valence-corrected chi connectivity index (χ4v) is 5.38. The zero-order valence-electron chi connectivity index (χ0n) is 21.3. The Morgan fingerprint density at radius 2 is 1.82 bits per heavy atom. The first-order chi connectivity index (χ1) is 18.3. The number of benzene rings is 1. The highest BCUT2D eigenvalue weighted by atomic mass is 19.3. The number of aromatic nitrogens is 4. The van der Waals surface area contributed by atoms with Gasteiger partial charge in [0, 0.05) is 56.0 Å². The average molecular weight is 517 g/mol. The summed E-state index contributed by atoms with van der Waals surface area (Å²) in [5.41, 5.74) is 5.82. The molecule has 2 fully saturated rings. The van der Waals surface area contributed by atoms with Crippen molar-refractivity contribution in [2.45, 2.75) is 38.5 Å². The molecule has 0 atom stereocenters. The summed E-state index contributed by atoms with van der Waals surface area (Å²) in [7, 11) is 0. The summed E-state index contributed by atoms with van der Waals surface area (Å²) >= 11 is 0. The standard InChI is InChI=1S/C29H30F2N6O/c1-19-2-5-24-25(14-19)35-28(34-24)22-3-6-23(32-17-22)21-4-7-26(33-16-21)36-11-8-20(9-12-36)15-27(38)37-13-10-29(30,31)18-37/h2-7,14,16-17,20H,8-13,15,18H2,1H3,(H,34,35). The van der Waals surface area contributed by atoms with Crippen LogP contribution in [0.3, 0.4) is 0 Å². The van der Waals surface area contributed by atoms with E-state index in [-0.39, 0.29) is 24.8 Å². The molecule has 196 valence electrons. The maximum atomic E-state index is 13.4. The maximum absolute atomic E-state index is 13.4. The number of pyridine rings is 2. The van der Waals surface area contributed by atoms with E-state index in [9.17, 15) is 13.6 Å². The second-order valence-corrected chi connectivity index (χ2v) is 10.5. The van der Waals surface area contributed by atoms with Crippen LogP contribution in [0.2, 0.25) is 0 Å². The lowest BCUT2D eigenvalue weighted by molar-refractivity contribution is -0.132. The molecule has 0 saturated carbocycles. The minimum Gasteiger partial charge on any atom is -0.357 e. The molecule has 38 heavy (non-hydrogen) atoms. The number of fused-ring (bicyclic) bond motifs is 1. The van der Waals surface area contributed by atoms with Crippen molar-refractivity contribution in [2.24, 2.45) is 5.92 Å². The van der Waals surface area contributed by atoms with Crippen molar-refractivity contribution < 1.29 is 13.6 Å². The van der Waals surface area contributed by atoms with Crippen molar-refractivity contribution in [1.29, 1.82) is 0 Å². The number of rotatable bonds is 5. The number of hydrogen-bond acceptors (Lipinski definition) is 5. The van der Waals surface area contributed by atoms with Crippen molar-refractivity contribution in [2.75, 3.05) is 31.1 Å². The largest absolute Gasteiger partial charge is 0.357 e. The van der Waals surface area contributed by atoms with Gasteiger partial charge in [-0.3, -0.25) is 9.78 Å². The normalized spacial score (nSPS) is 17.9. The Morgan fingerprint density at radius 3 is 2.50 bits per heavy atom. The summed E-state index contributed by atoms with van der Waals surface area (Å²) in [5.74, 6) is -0.960. The van der Waals surface area contributed by atoms with Gasteiger partial charge in [0.2, 0.25) is 5.91 Å². The number of alkyl halides is 2. The second kappa shape index (κ2) is 9.78. The molecule has 1 aromatic carbocycles. The molecule has 2 aliphatic heterocycles. The van der Waals surface area contributed by atoms with E-state index in [1.54, 1.807) is 0 Å². The number of amides is 1. The lowest BCUT2D eigenvalue weighted by atomic mass is 9.93. The van der Waals surface area contributed by atoms with Crippen LogP contribution in [0.15, 0.2) is 54.9 Å². The lowest BCUT2D eigenvalue weighted by Gasteiger charge is -2.33. The molecular weight excluding hydrogens is 486 g/mol. The van der Waals surface area contributed by atoms with Crippen molar-refractivity contribution >= 4 is 22.8 Å². The average Bonchev–Trinajstić information content (AvgIpc) is 3.52. The fourth-order valence-electron chi connectivity index (χ4n) is 5.38. The molecule has 6 rings (SSSR count). The minimum absolute atomic E-state index is 0.142. The molecule has 0 unspecified atom stereocenters. The van der Waals surface area contributed by atoms with Crippen molar-refractivity contribution in [3.8, 4) is 22.6 Å². The Hall–Kier alpha value is -3.88. The van der Waals surface area contributed by atoms with Gasteiger partial charge in [-0.15, -0.1) is 0 Å². The lowest BCUT2D eigenvalue weighted by Crippen LogP contribution is -2.37. The number of piperidine rings is 1. The van der Waals surface area contributed by atoms with Gasteiger partial charge in [-0.05, 0) is 67.6 Å². The van der Waals surface area contributed by atoms with E-state index in [1.807, 2.05) is 42.7 Å². The number of halogens is 2. The maximum Gasteiger partial charge on any atom is 0.267 e. The number of imidazole rings is 1. The summed E-state index contributed by atoms with van der Waals surface area (Å²) in [6, 6.07) is 14.2. The van der Waals surface area contributed by atoms with Crippen molar-refractivity contribution in [3.05, 3.63) is 60.4 Å². The molecule has 7 nitrogen and oxygen atoms in total. The fraction of sp³-hybridized carbons (Fsp3) is 0.379. The van der Waals surface area contributed by atoms with E-state index < -0.39 is 12.5 Å². The Bertz CT molecular complexity index is 1440. The van der Waals surface area contributed by atoms with Crippen LogP contribution in [0.5, 0.6) is 0 Å². The van der Waals surface area contributed by atoms with E-state index in [2.05, 4.69) is 43.9 Å². The third-order valence-electron chi connectivity index (χ3n) is 7.64. The number of likely N-dealkylation sites (tertiary alicyclic amines) is 1. The van der Waals surface area contributed by atoms with Gasteiger partial charge in [0.05, 0.1) is 23.3 Å². The van der Waals surface area contributed by atoms with Crippen LogP contribution < -0.4 is 4.90 Å². The smallest absolute Gasteiger partial charge is 0.267 e. The van der Waals surface area contributed by atoms with Crippen LogP contribution in [0.25, 0.3) is 33.7 Å². The van der Waals surface area contributed by atoms with Crippen LogP contribution in [0.1, 0.15) is 31.2 Å². The topological polar surface area (TPSA) is 78.0 Å². The molecule has 9 heteroatoms. The van der Waals surface area contributed by atoms with Gasteiger partial charge >= 0.3 is 0 Å². The molecule has 0 radical (unpaired) electrons. The molecule has 0 aliphatic carbocycles. The Labute approximate surface area is 219 Å². The monoisotopic (exact) mass is 516 g/mol. The summed E-state index contributed by atoms with van der Waals surface area (Å²) in [6.07, 6.45) is 5.49. The predicted molar refractivity (Wildman–Crippen MR) is 143 cm³/mol. The number of nitrogens with one attached hydrogen (secondary N) is 1. The van der Waals surface area contributed by atoms with Crippen LogP contribution in [0.4, 0.5) is 14.6 Å². The van der Waals surface area contributed by atoms with Gasteiger partial charge in [0.25, 0.3) is 5.92 Å². The molecule has 1 amide bonds. The number of anilines is 1. The third-order valence-corrected chi connectivity index (χ3v) is 7.64. The van der Waals surface area contributed by atoms with E-state index >= 15 is 0 Å². The van der Waals surface area contributed by atoms with Crippen molar-refractivity contribution in [3.63, 3.8) is 0 Å². The van der Waals surface area contributed by atoms with Gasteiger partial charge in [-0.2, -0.15) is 0 Å². The van der Waals surface area contributed by atoms with Gasteiger partial charge in [0.15, 0.2) is 0 Å². The van der Waals surface area contributed by atoms with Crippen molar-refractivity contribution in [1.82, 2.24) is 24.8 Å². The minimum atomic E-state index is -2.73. The summed E-state index contributed by atoms with van der Waals surface area (Å²) in [6.45, 7) is 3.38. The molecule has 1 N–H and O–H groups in total. The second-order valence-electron chi connectivity index (χ2n) is 10.5. The zero-order valence-corrected chi connectivity index (χ0v) is 21.3. The first-order valence-electron chi connectivity index (χ1n) is 13.1. The number of aryl methyl sites for hydroxylation is 1. The molecule has 2 aliphatic rings. The third kappa shape index (κ3) is 5.10. The van der Waals surface area contributed by atoms with Crippen LogP contribution in [0, 0.1) is 12.8 Å². The first kappa shape index (κ1) is 24.5. The summed E-state index contributed by atoms with van der Waals surface area (Å²) in [5, 5.41) is 0. The molecule has 5 heterocycles. The number of carbonyl (C=O) groups is 1. The summed E-state index contributed by atoms with van der Waals surface area (Å²) < 4.78 is 26.9. The Morgan fingerprint density at radius 1 is 1.03 bits per heavy atom. The van der Waals surface area contributed by atoms with Gasteiger partial charge < -0.3 is 14.8 Å². The van der Waals surface area contributed by atoms with Gasteiger partial charge in [0.1, 0.15) is 11.6 Å². The van der Waals surface area contributed by atoms with Crippen LogP contribution in [-0.4, -0.2) is 62.8 Å². The predicted octanol–water partition coefficient (Wildman–Crippen LogP) is 5.47. The Kier molecular flexibility index (Phi) is 6.29. The molecule has 3 aromatic heterocycles. The number of H-pyrrole nitrogens is 1. The number of nitrogens with zero attached hydrogens (tertiary/aromatic N) is 5. The summed E-state index contributed by atoms with van der Waals surface area (Å²) in [4.78, 5) is 33.3. The molecule has 0 bridgehead atoms. The molecule has 4 aromatic rings. The van der Waals surface area contributed by atoms with E-state index in [4.69, 9.17) is 0 Å². The van der Waals surface area contributed by atoms with Crippen LogP contribution >= 0.6 is 0 Å². The van der Waals surface area contributed by atoms with Gasteiger partial charge in [-0.1, -0.05) is 6.07 Å². The quantitative estimate of drug-likeness (QED) is 0.381. The first-order valence-corrected chi connectivity index (χ1v) is 13.1. The highest BCUT2D eigenvalue weighted by Crippen LogP contribution is 2.30. The number of carbonyl (C=O) groups excluding carboxylic acids is 1. The zero-order chi connectivity index (χ0) is 26.3. The molecular formula is C29H30F2N6O. The molecule has 2 saturated heterocycles. The molecule has 0 spiro atoms. The van der Waals surface area contributed by atoms with E-state index in [0.29, 0.717) is 6.42 Å². The highest BCUT2D eigenvalue weighted by molar-refractivity contribution is 5.80. The Balaban J connectivity index is 1.05. The van der Waals surface area contributed by atoms with E-state index in [1.165, 1.54) is 10.5 Å². The SMILES string of the molecule is Cc1ccc2nc(-c3ccc(-c4ccc(N5CCC(CC(=O)N6CCC(F)(F)C6)CC5)nc4)nc3)[nH]c2c1. The number of aromatic amines is 1. The van der Waals surface area contributed by atoms with E-state index in [0.717, 1.165) is 65.4 Å². The van der Waals surface area contributed by atoms with Gasteiger partial charge in [-0.25, -0.2) is 18.7 Å². The van der Waals surface area contributed by atoms with Crippen LogP contribution in [-0.2, 0) is 4.79 Å².